The predicted octanol–water partition coefficient (Wildman–Crippen LogP) is 5.29. The third-order valence-corrected chi connectivity index (χ3v) is 6.81. The van der Waals surface area contributed by atoms with Crippen LogP contribution in [0.3, 0.4) is 0 Å². The minimum Gasteiger partial charge on any atom is -0.494 e. The summed E-state index contributed by atoms with van der Waals surface area (Å²) in [5.74, 6) is 0.885. The maximum absolute atomic E-state index is 10.3. The van der Waals surface area contributed by atoms with Gasteiger partial charge in [0.25, 0.3) is 0 Å². The van der Waals surface area contributed by atoms with E-state index in [1.54, 1.807) is 11.3 Å². The summed E-state index contributed by atoms with van der Waals surface area (Å²) in [6, 6.07) is 16.9. The summed E-state index contributed by atoms with van der Waals surface area (Å²) in [5, 5.41) is 22.0. The summed E-state index contributed by atoms with van der Waals surface area (Å²) < 4.78 is 11.7. The predicted molar refractivity (Wildman–Crippen MR) is 125 cm³/mol. The van der Waals surface area contributed by atoms with E-state index in [-0.39, 0.29) is 18.8 Å². The van der Waals surface area contributed by atoms with Crippen molar-refractivity contribution in [2.24, 2.45) is 0 Å². The first kappa shape index (κ1) is 22.0. The molecule has 4 nitrogen and oxygen atoms in total. The maximum atomic E-state index is 10.3. The highest BCUT2D eigenvalue weighted by atomic mass is 32.1. The van der Waals surface area contributed by atoms with Crippen molar-refractivity contribution in [2.75, 3.05) is 13.2 Å². The van der Waals surface area contributed by atoms with Crippen LogP contribution in [-0.2, 0) is 11.2 Å². The lowest BCUT2D eigenvalue weighted by atomic mass is 9.89. The molecule has 0 amide bonds. The number of aliphatic hydroxyl groups is 2. The van der Waals surface area contributed by atoms with Gasteiger partial charge >= 0.3 is 0 Å². The molecule has 0 spiro atoms. The van der Waals surface area contributed by atoms with Gasteiger partial charge in [0.2, 0.25) is 0 Å². The van der Waals surface area contributed by atoms with E-state index in [9.17, 15) is 10.2 Å². The van der Waals surface area contributed by atoms with Crippen LogP contribution < -0.4 is 4.74 Å². The molecule has 3 aromatic rings. The van der Waals surface area contributed by atoms with Crippen LogP contribution >= 0.6 is 11.3 Å². The fourth-order valence-electron chi connectivity index (χ4n) is 4.27. The summed E-state index contributed by atoms with van der Waals surface area (Å²) >= 11 is 1.73. The molecule has 2 aromatic carbocycles. The van der Waals surface area contributed by atoms with Crippen molar-refractivity contribution >= 4 is 11.3 Å². The van der Waals surface area contributed by atoms with Crippen LogP contribution in [0, 0.1) is 6.92 Å². The molecule has 0 saturated carbocycles. The van der Waals surface area contributed by atoms with Gasteiger partial charge in [-0.3, -0.25) is 0 Å². The average molecular weight is 439 g/mol. The molecule has 3 unspecified atom stereocenters. The largest absolute Gasteiger partial charge is 0.494 e. The molecular weight excluding hydrogens is 408 g/mol. The van der Waals surface area contributed by atoms with Crippen LogP contribution in [-0.4, -0.2) is 35.6 Å². The van der Waals surface area contributed by atoms with Crippen LogP contribution in [0.4, 0.5) is 0 Å². The van der Waals surface area contributed by atoms with E-state index in [1.807, 2.05) is 19.1 Å². The molecule has 1 aromatic heterocycles. The van der Waals surface area contributed by atoms with Crippen molar-refractivity contribution in [1.82, 2.24) is 0 Å². The van der Waals surface area contributed by atoms with Gasteiger partial charge in [0.1, 0.15) is 5.75 Å². The zero-order valence-corrected chi connectivity index (χ0v) is 18.9. The van der Waals surface area contributed by atoms with E-state index in [1.165, 1.54) is 27.1 Å². The van der Waals surface area contributed by atoms with E-state index in [0.717, 1.165) is 17.7 Å². The lowest BCUT2D eigenvalue weighted by Gasteiger charge is -2.33. The van der Waals surface area contributed by atoms with Gasteiger partial charge < -0.3 is 19.7 Å². The van der Waals surface area contributed by atoms with Gasteiger partial charge in [-0.2, -0.15) is 0 Å². The Balaban J connectivity index is 1.70. The van der Waals surface area contributed by atoms with Gasteiger partial charge in [0.05, 0.1) is 31.5 Å². The summed E-state index contributed by atoms with van der Waals surface area (Å²) in [5.41, 5.74) is 5.99. The molecule has 1 saturated heterocycles. The molecule has 3 atom stereocenters. The minimum atomic E-state index is -0.461. The van der Waals surface area contributed by atoms with Crippen LogP contribution in [0.25, 0.3) is 10.4 Å². The quantitative estimate of drug-likeness (QED) is 0.526. The first-order chi connectivity index (χ1) is 15.1. The molecule has 1 fully saturated rings. The molecule has 164 valence electrons. The highest BCUT2D eigenvalue weighted by Crippen LogP contribution is 2.38. The normalized spacial score (nSPS) is 21.2. The second-order valence-corrected chi connectivity index (χ2v) is 9.09. The maximum Gasteiger partial charge on any atom is 0.119 e. The van der Waals surface area contributed by atoms with Crippen molar-refractivity contribution in [3.05, 3.63) is 76.2 Å². The highest BCUT2D eigenvalue weighted by molar-refractivity contribution is 7.13. The third-order valence-electron chi connectivity index (χ3n) is 5.91. The van der Waals surface area contributed by atoms with Gasteiger partial charge in [0, 0.05) is 17.7 Å². The fraction of sp³-hybridized carbons (Fsp3) is 0.385. The van der Waals surface area contributed by atoms with Gasteiger partial charge in [-0.05, 0) is 77.7 Å². The van der Waals surface area contributed by atoms with Gasteiger partial charge in [0.15, 0.2) is 0 Å². The van der Waals surface area contributed by atoms with E-state index in [4.69, 9.17) is 9.47 Å². The Morgan fingerprint density at radius 2 is 1.94 bits per heavy atom. The molecule has 0 bridgehead atoms. The van der Waals surface area contributed by atoms with Crippen molar-refractivity contribution in [3.63, 3.8) is 0 Å². The molecule has 0 aliphatic carbocycles. The van der Waals surface area contributed by atoms with Crippen molar-refractivity contribution in [2.45, 2.75) is 51.4 Å². The monoisotopic (exact) mass is 438 g/mol. The number of benzene rings is 2. The minimum absolute atomic E-state index is 0.0732. The summed E-state index contributed by atoms with van der Waals surface area (Å²) in [6.07, 6.45) is 0.830. The number of ether oxygens (including phenoxy) is 2. The van der Waals surface area contributed by atoms with Crippen LogP contribution in [0.1, 0.15) is 48.1 Å². The zero-order valence-electron chi connectivity index (χ0n) is 18.1. The van der Waals surface area contributed by atoms with E-state index < -0.39 is 6.10 Å². The third kappa shape index (κ3) is 5.18. The molecule has 2 N–H and O–H groups in total. The van der Waals surface area contributed by atoms with Crippen molar-refractivity contribution < 1.29 is 19.7 Å². The second-order valence-electron chi connectivity index (χ2n) is 8.14. The molecule has 31 heavy (non-hydrogen) atoms. The Morgan fingerprint density at radius 3 is 2.61 bits per heavy atom. The van der Waals surface area contributed by atoms with E-state index in [2.05, 4.69) is 48.7 Å². The topological polar surface area (TPSA) is 58.9 Å². The molecular formula is C26H30O4S. The van der Waals surface area contributed by atoms with E-state index >= 15 is 0 Å². The number of aliphatic hydroxyl groups excluding tert-OH is 2. The van der Waals surface area contributed by atoms with E-state index in [0.29, 0.717) is 19.4 Å². The molecule has 2 heterocycles. The zero-order chi connectivity index (χ0) is 21.8. The number of thiophene rings is 1. The Hall–Kier alpha value is -2.18. The summed E-state index contributed by atoms with van der Waals surface area (Å²) in [6.45, 7) is 4.75. The Bertz CT molecular complexity index is 981. The first-order valence-electron chi connectivity index (χ1n) is 10.9. The summed E-state index contributed by atoms with van der Waals surface area (Å²) in [7, 11) is 0. The first-order valence-corrected chi connectivity index (χ1v) is 11.8. The van der Waals surface area contributed by atoms with Crippen LogP contribution in [0.5, 0.6) is 5.75 Å². The molecule has 1 aliphatic rings. The van der Waals surface area contributed by atoms with Crippen molar-refractivity contribution in [3.8, 4) is 16.2 Å². The highest BCUT2D eigenvalue weighted by Gasteiger charge is 2.30. The fourth-order valence-corrected chi connectivity index (χ4v) is 5.07. The number of hydrogen-bond acceptors (Lipinski definition) is 5. The number of hydrogen-bond donors (Lipinski definition) is 2. The lowest BCUT2D eigenvalue weighted by molar-refractivity contribution is -0.113. The standard InChI is InChI=1S/C26H30O4S/c1-3-29-22-8-6-18(7-9-22)11-19-12-20(25-15-21(28)14-23(16-27)30-25)13-24(17(19)2)26-5-4-10-31-26/h4-10,12-13,21,23,25,27-28H,3,11,14-16H2,1-2H3. The molecule has 4 rings (SSSR count). The van der Waals surface area contributed by atoms with Crippen LogP contribution in [0.15, 0.2) is 53.9 Å². The molecule has 1 aliphatic heterocycles. The Kier molecular flexibility index (Phi) is 7.08. The lowest BCUT2D eigenvalue weighted by Crippen LogP contribution is -2.33. The smallest absolute Gasteiger partial charge is 0.119 e. The van der Waals surface area contributed by atoms with Gasteiger partial charge in [-0.25, -0.2) is 0 Å². The average Bonchev–Trinajstić information content (AvgIpc) is 3.31. The summed E-state index contributed by atoms with van der Waals surface area (Å²) in [4.78, 5) is 1.22. The van der Waals surface area contributed by atoms with Gasteiger partial charge in [-0.1, -0.05) is 24.3 Å². The number of rotatable bonds is 7. The SMILES string of the molecule is CCOc1ccc(Cc2cc(C3CC(O)CC(CO)O3)cc(-c3cccs3)c2C)cc1. The Labute approximate surface area is 188 Å². The second kappa shape index (κ2) is 9.96. The molecule has 5 heteroatoms. The van der Waals surface area contributed by atoms with Crippen molar-refractivity contribution in [1.29, 1.82) is 0 Å². The van der Waals surface area contributed by atoms with Crippen LogP contribution in [0.2, 0.25) is 0 Å². The Morgan fingerprint density at radius 1 is 1.13 bits per heavy atom. The molecule has 0 radical (unpaired) electrons. The van der Waals surface area contributed by atoms with Gasteiger partial charge in [-0.15, -0.1) is 11.3 Å².